The van der Waals surface area contributed by atoms with E-state index in [-0.39, 0.29) is 5.60 Å². The van der Waals surface area contributed by atoms with Crippen LogP contribution in [0.2, 0.25) is 0 Å². The number of pyridine rings is 1. The first-order valence-corrected chi connectivity index (χ1v) is 13.0. The number of nitrogens with one attached hydrogen (secondary N) is 2. The normalized spacial score (nSPS) is 26.0. The van der Waals surface area contributed by atoms with Crippen LogP contribution in [0.5, 0.6) is 0 Å². The molecule has 5 rings (SSSR count). The molecule has 2 N–H and O–H groups in total. The van der Waals surface area contributed by atoms with E-state index in [0.717, 1.165) is 79.1 Å². The molecule has 2 fully saturated rings. The zero-order valence-corrected chi connectivity index (χ0v) is 20.5. The predicted octanol–water partition coefficient (Wildman–Crippen LogP) is 5.35. The molecule has 2 aromatic rings. The Morgan fingerprint density at radius 3 is 2.70 bits per heavy atom. The highest BCUT2D eigenvalue weighted by molar-refractivity contribution is 5.97. The highest BCUT2D eigenvalue weighted by atomic mass is 16.7. The largest absolute Gasteiger partial charge is 0.381 e. The van der Waals surface area contributed by atoms with Crippen LogP contribution in [0.4, 0.5) is 5.69 Å². The molecule has 0 unspecified atom stereocenters. The van der Waals surface area contributed by atoms with E-state index < -0.39 is 0 Å². The number of fused-ring (bicyclic) bond motifs is 1. The first kappa shape index (κ1) is 22.7. The summed E-state index contributed by atoms with van der Waals surface area (Å²) in [7, 11) is 0. The summed E-state index contributed by atoms with van der Waals surface area (Å²) in [6.45, 7) is 8.78. The van der Waals surface area contributed by atoms with Crippen LogP contribution in [-0.4, -0.2) is 39.6 Å². The molecule has 2 saturated carbocycles. The van der Waals surface area contributed by atoms with Crippen LogP contribution in [0.3, 0.4) is 0 Å². The van der Waals surface area contributed by atoms with E-state index in [1.807, 2.05) is 10.9 Å². The van der Waals surface area contributed by atoms with Gasteiger partial charge in [0.2, 0.25) is 0 Å². The molecule has 0 radical (unpaired) electrons. The smallest absolute Gasteiger partial charge is 0.160 e. The van der Waals surface area contributed by atoms with Crippen molar-refractivity contribution in [3.05, 3.63) is 23.5 Å². The lowest BCUT2D eigenvalue weighted by Crippen LogP contribution is -2.35. The third-order valence-electron chi connectivity index (χ3n) is 7.77. The van der Waals surface area contributed by atoms with Crippen molar-refractivity contribution >= 4 is 22.4 Å². The first-order chi connectivity index (χ1) is 16.1. The van der Waals surface area contributed by atoms with Crippen LogP contribution in [0, 0.1) is 12.8 Å². The van der Waals surface area contributed by atoms with Crippen molar-refractivity contribution in [3.63, 3.8) is 0 Å². The van der Waals surface area contributed by atoms with Gasteiger partial charge in [0, 0.05) is 31.4 Å². The average Bonchev–Trinajstić information content (AvgIpc) is 3.43. The molecule has 2 aromatic heterocycles. The van der Waals surface area contributed by atoms with Gasteiger partial charge in [0.1, 0.15) is 5.60 Å². The Kier molecular flexibility index (Phi) is 6.61. The van der Waals surface area contributed by atoms with Crippen molar-refractivity contribution in [3.8, 4) is 0 Å². The third-order valence-corrected chi connectivity index (χ3v) is 7.77. The third kappa shape index (κ3) is 4.50. The fraction of sp³-hybridized carbons (Fsp3) is 0.692. The van der Waals surface area contributed by atoms with Crippen LogP contribution in [0.1, 0.15) is 82.9 Å². The number of ether oxygens (including phenoxy) is 1. The molecular weight excluding hydrogens is 414 g/mol. The van der Waals surface area contributed by atoms with Crippen molar-refractivity contribution < 1.29 is 9.57 Å². The van der Waals surface area contributed by atoms with Gasteiger partial charge in [-0.3, -0.25) is 10.3 Å². The summed E-state index contributed by atoms with van der Waals surface area (Å²) >= 11 is 0. The summed E-state index contributed by atoms with van der Waals surface area (Å²) < 4.78 is 7.67. The number of hydrogen-bond acceptors (Lipinski definition) is 6. The fourth-order valence-corrected chi connectivity index (χ4v) is 5.83. The van der Waals surface area contributed by atoms with Gasteiger partial charge in [-0.05, 0) is 71.3 Å². The van der Waals surface area contributed by atoms with E-state index in [0.29, 0.717) is 12.0 Å². The molecule has 3 heterocycles. The van der Waals surface area contributed by atoms with Gasteiger partial charge in [-0.1, -0.05) is 19.3 Å². The maximum Gasteiger partial charge on any atom is 0.160 e. The molecule has 180 valence electrons. The van der Waals surface area contributed by atoms with Crippen LogP contribution in [0.25, 0.3) is 16.7 Å². The monoisotopic (exact) mass is 453 g/mol. The van der Waals surface area contributed by atoms with E-state index in [1.165, 1.54) is 32.1 Å². The molecule has 7 heteroatoms. The zero-order chi connectivity index (χ0) is 22.8. The second-order valence-corrected chi connectivity index (χ2v) is 10.1. The summed E-state index contributed by atoms with van der Waals surface area (Å²) in [6, 6.07) is 0.498. The molecule has 0 saturated heterocycles. The number of anilines is 1. The van der Waals surface area contributed by atoms with Crippen molar-refractivity contribution in [2.75, 3.05) is 18.5 Å². The second kappa shape index (κ2) is 9.63. The van der Waals surface area contributed by atoms with Crippen LogP contribution >= 0.6 is 0 Å². The highest BCUT2D eigenvalue weighted by Gasteiger charge is 2.40. The highest BCUT2D eigenvalue weighted by Crippen LogP contribution is 2.43. The summed E-state index contributed by atoms with van der Waals surface area (Å²) in [6.07, 6.45) is 15.0. The average molecular weight is 454 g/mol. The number of aryl methyl sites for hydroxylation is 2. The second-order valence-electron chi connectivity index (χ2n) is 10.1. The summed E-state index contributed by atoms with van der Waals surface area (Å²) in [5, 5.41) is 9.65. The van der Waals surface area contributed by atoms with E-state index in [2.05, 4.69) is 42.7 Å². The first-order valence-electron chi connectivity index (χ1n) is 13.0. The van der Waals surface area contributed by atoms with Crippen molar-refractivity contribution in [2.24, 2.45) is 5.92 Å². The SMILES string of the molecule is CCOCC1CCC2(C=C(c3c(C)nc4c(cnn4CC)c3NC3CCCCC3)NO2)CC1. The summed E-state index contributed by atoms with van der Waals surface area (Å²) in [4.78, 5) is 11.3. The van der Waals surface area contributed by atoms with Gasteiger partial charge in [0.15, 0.2) is 5.65 Å². The molecule has 0 amide bonds. The molecule has 1 aliphatic heterocycles. The quantitative estimate of drug-likeness (QED) is 0.589. The minimum Gasteiger partial charge on any atom is -0.381 e. The molecule has 33 heavy (non-hydrogen) atoms. The Morgan fingerprint density at radius 2 is 1.97 bits per heavy atom. The van der Waals surface area contributed by atoms with Gasteiger partial charge >= 0.3 is 0 Å². The van der Waals surface area contributed by atoms with Crippen LogP contribution in [0.15, 0.2) is 12.3 Å². The van der Waals surface area contributed by atoms with Gasteiger partial charge in [-0.25, -0.2) is 9.67 Å². The Bertz CT molecular complexity index is 1000. The Hall–Kier alpha value is -2.12. The van der Waals surface area contributed by atoms with E-state index in [1.54, 1.807) is 0 Å². The molecule has 1 spiro atoms. The van der Waals surface area contributed by atoms with Crippen molar-refractivity contribution in [1.82, 2.24) is 20.2 Å². The summed E-state index contributed by atoms with van der Waals surface area (Å²) in [5.74, 6) is 0.639. The van der Waals surface area contributed by atoms with E-state index in [4.69, 9.17) is 14.6 Å². The molecule has 2 aliphatic carbocycles. The van der Waals surface area contributed by atoms with Gasteiger partial charge < -0.3 is 10.1 Å². The maximum absolute atomic E-state index is 6.28. The topological polar surface area (TPSA) is 73.2 Å². The van der Waals surface area contributed by atoms with Gasteiger partial charge in [-0.2, -0.15) is 5.10 Å². The molecule has 3 aliphatic rings. The number of aromatic nitrogens is 3. The predicted molar refractivity (Wildman–Crippen MR) is 132 cm³/mol. The zero-order valence-electron chi connectivity index (χ0n) is 20.5. The lowest BCUT2D eigenvalue weighted by molar-refractivity contribution is -0.0691. The molecule has 0 aromatic carbocycles. The van der Waals surface area contributed by atoms with E-state index >= 15 is 0 Å². The van der Waals surface area contributed by atoms with Gasteiger partial charge in [-0.15, -0.1) is 0 Å². The number of nitrogens with zero attached hydrogens (tertiary/aromatic N) is 3. The fourth-order valence-electron chi connectivity index (χ4n) is 5.83. The van der Waals surface area contributed by atoms with Crippen molar-refractivity contribution in [1.29, 1.82) is 0 Å². The Labute approximate surface area is 197 Å². The molecule has 0 atom stereocenters. The van der Waals surface area contributed by atoms with Crippen LogP contribution < -0.4 is 10.8 Å². The number of rotatable bonds is 7. The van der Waals surface area contributed by atoms with Gasteiger partial charge in [0.05, 0.1) is 28.7 Å². The minimum atomic E-state index is -0.227. The van der Waals surface area contributed by atoms with Crippen LogP contribution in [-0.2, 0) is 16.1 Å². The van der Waals surface area contributed by atoms with Crippen molar-refractivity contribution in [2.45, 2.75) is 96.7 Å². The molecule has 7 nitrogen and oxygen atoms in total. The summed E-state index contributed by atoms with van der Waals surface area (Å²) in [5.41, 5.74) is 8.41. The lowest BCUT2D eigenvalue weighted by atomic mass is 9.78. The molecule has 0 bridgehead atoms. The molecular formula is C26H39N5O2. The van der Waals surface area contributed by atoms with Gasteiger partial charge in [0.25, 0.3) is 0 Å². The lowest BCUT2D eigenvalue weighted by Gasteiger charge is -2.34. The number of hydroxylamine groups is 1. The maximum atomic E-state index is 6.28. The Morgan fingerprint density at radius 1 is 1.18 bits per heavy atom. The standard InChI is InChI=1S/C26H39N5O2/c1-4-31-25-21(16-27-31)24(29-20-9-7-6-8-10-20)23(18(3)28-25)22-15-26(33-30-22)13-11-19(12-14-26)17-32-5-2/h15-16,19-20,30H,4-14,17H2,1-3H3,(H,28,29). The van der Waals surface area contributed by atoms with E-state index in [9.17, 15) is 0 Å². The number of hydrogen-bond donors (Lipinski definition) is 2. The minimum absolute atomic E-state index is 0.227. The Balaban J connectivity index is 1.48.